The lowest BCUT2D eigenvalue weighted by Crippen LogP contribution is -2.37. The SMILES string of the molecule is CNC(=O)CC(C)NCC(O)CC(C)C. The normalized spacial score (nSPS) is 15.1. The third kappa shape index (κ3) is 8.39. The van der Waals surface area contributed by atoms with Gasteiger partial charge in [0, 0.05) is 26.1 Å². The van der Waals surface area contributed by atoms with Gasteiger partial charge in [-0.15, -0.1) is 0 Å². The second-order valence-electron chi connectivity index (χ2n) is 4.47. The van der Waals surface area contributed by atoms with Crippen molar-refractivity contribution in [3.8, 4) is 0 Å². The molecule has 1 amide bonds. The van der Waals surface area contributed by atoms with Crippen molar-refractivity contribution in [3.63, 3.8) is 0 Å². The van der Waals surface area contributed by atoms with Crippen LogP contribution in [-0.4, -0.2) is 36.8 Å². The Labute approximate surface area is 92.4 Å². The van der Waals surface area contributed by atoms with Gasteiger partial charge >= 0.3 is 0 Å². The molecule has 0 aliphatic carbocycles. The molecule has 0 aromatic carbocycles. The summed E-state index contributed by atoms with van der Waals surface area (Å²) in [4.78, 5) is 11.0. The zero-order chi connectivity index (χ0) is 11.8. The predicted molar refractivity (Wildman–Crippen MR) is 61.6 cm³/mol. The molecular formula is C11H24N2O2. The molecule has 15 heavy (non-hydrogen) atoms. The van der Waals surface area contributed by atoms with Crippen LogP contribution < -0.4 is 10.6 Å². The van der Waals surface area contributed by atoms with Crippen molar-refractivity contribution in [1.29, 1.82) is 0 Å². The van der Waals surface area contributed by atoms with Crippen LogP contribution in [0.3, 0.4) is 0 Å². The van der Waals surface area contributed by atoms with Crippen LogP contribution in [0.4, 0.5) is 0 Å². The maximum atomic E-state index is 11.0. The average molecular weight is 216 g/mol. The predicted octanol–water partition coefficient (Wildman–Crippen LogP) is 0.508. The van der Waals surface area contributed by atoms with Crippen molar-refractivity contribution in [2.45, 2.75) is 45.8 Å². The van der Waals surface area contributed by atoms with E-state index in [1.807, 2.05) is 6.92 Å². The van der Waals surface area contributed by atoms with E-state index in [9.17, 15) is 9.90 Å². The van der Waals surface area contributed by atoms with Crippen LogP contribution in [0.25, 0.3) is 0 Å². The number of hydrogen-bond acceptors (Lipinski definition) is 3. The summed E-state index contributed by atoms with van der Waals surface area (Å²) in [5.74, 6) is 0.518. The van der Waals surface area contributed by atoms with E-state index >= 15 is 0 Å². The lowest BCUT2D eigenvalue weighted by atomic mass is 10.1. The van der Waals surface area contributed by atoms with Gasteiger partial charge in [0.1, 0.15) is 0 Å². The number of rotatable bonds is 7. The van der Waals surface area contributed by atoms with Gasteiger partial charge in [0.25, 0.3) is 0 Å². The van der Waals surface area contributed by atoms with Crippen LogP contribution in [0.5, 0.6) is 0 Å². The Morgan fingerprint density at radius 3 is 2.40 bits per heavy atom. The summed E-state index contributed by atoms with van der Waals surface area (Å²) in [6.07, 6.45) is 0.919. The van der Waals surface area contributed by atoms with Crippen molar-refractivity contribution >= 4 is 5.91 Å². The molecular weight excluding hydrogens is 192 g/mol. The Morgan fingerprint density at radius 2 is 1.93 bits per heavy atom. The average Bonchev–Trinajstić information content (AvgIpc) is 2.13. The van der Waals surface area contributed by atoms with Crippen LogP contribution in [0.15, 0.2) is 0 Å². The van der Waals surface area contributed by atoms with Crippen molar-refractivity contribution < 1.29 is 9.90 Å². The molecule has 0 spiro atoms. The third-order valence-electron chi connectivity index (χ3n) is 2.22. The molecule has 0 aromatic rings. The van der Waals surface area contributed by atoms with Gasteiger partial charge in [0.05, 0.1) is 6.10 Å². The van der Waals surface area contributed by atoms with E-state index in [1.165, 1.54) is 0 Å². The molecule has 4 nitrogen and oxygen atoms in total. The first-order chi connectivity index (χ1) is 6.95. The summed E-state index contributed by atoms with van der Waals surface area (Å²) in [6.45, 7) is 6.65. The minimum atomic E-state index is -0.322. The number of nitrogens with one attached hydrogen (secondary N) is 2. The molecule has 4 heteroatoms. The summed E-state index contributed by atoms with van der Waals surface area (Å²) < 4.78 is 0. The highest BCUT2D eigenvalue weighted by molar-refractivity contribution is 5.76. The van der Waals surface area contributed by atoms with E-state index in [1.54, 1.807) is 7.05 Å². The number of aliphatic hydroxyl groups is 1. The molecule has 90 valence electrons. The van der Waals surface area contributed by atoms with Crippen LogP contribution in [0, 0.1) is 5.92 Å². The number of aliphatic hydroxyl groups excluding tert-OH is 1. The Hall–Kier alpha value is -0.610. The highest BCUT2D eigenvalue weighted by Crippen LogP contribution is 2.03. The first-order valence-electron chi connectivity index (χ1n) is 5.57. The molecule has 0 aliphatic rings. The minimum Gasteiger partial charge on any atom is -0.392 e. The molecule has 0 fully saturated rings. The van der Waals surface area contributed by atoms with Gasteiger partial charge in [-0.1, -0.05) is 13.8 Å². The van der Waals surface area contributed by atoms with E-state index in [0.717, 1.165) is 6.42 Å². The molecule has 0 rings (SSSR count). The maximum Gasteiger partial charge on any atom is 0.221 e. The summed E-state index contributed by atoms with van der Waals surface area (Å²) in [5, 5.41) is 15.3. The molecule has 0 heterocycles. The monoisotopic (exact) mass is 216 g/mol. The van der Waals surface area contributed by atoms with Gasteiger partial charge in [-0.05, 0) is 19.3 Å². The highest BCUT2D eigenvalue weighted by atomic mass is 16.3. The van der Waals surface area contributed by atoms with E-state index in [-0.39, 0.29) is 18.1 Å². The van der Waals surface area contributed by atoms with Crippen molar-refractivity contribution in [3.05, 3.63) is 0 Å². The van der Waals surface area contributed by atoms with Gasteiger partial charge < -0.3 is 15.7 Å². The minimum absolute atomic E-state index is 0.0216. The summed E-state index contributed by atoms with van der Waals surface area (Å²) in [7, 11) is 1.63. The molecule has 2 unspecified atom stereocenters. The second-order valence-corrected chi connectivity index (χ2v) is 4.47. The third-order valence-corrected chi connectivity index (χ3v) is 2.22. The Bertz CT molecular complexity index is 183. The van der Waals surface area contributed by atoms with Crippen LogP contribution in [0.1, 0.15) is 33.6 Å². The number of carbonyl (C=O) groups excluding carboxylic acids is 1. The molecule has 2 atom stereocenters. The summed E-state index contributed by atoms with van der Waals surface area (Å²) in [5.41, 5.74) is 0. The van der Waals surface area contributed by atoms with Gasteiger partial charge in [0.2, 0.25) is 5.91 Å². The smallest absolute Gasteiger partial charge is 0.221 e. The zero-order valence-corrected chi connectivity index (χ0v) is 10.2. The topological polar surface area (TPSA) is 61.4 Å². The van der Waals surface area contributed by atoms with E-state index in [2.05, 4.69) is 24.5 Å². The molecule has 0 radical (unpaired) electrons. The lowest BCUT2D eigenvalue weighted by molar-refractivity contribution is -0.121. The largest absolute Gasteiger partial charge is 0.392 e. The van der Waals surface area contributed by atoms with E-state index in [0.29, 0.717) is 18.9 Å². The number of hydrogen-bond donors (Lipinski definition) is 3. The van der Waals surface area contributed by atoms with Gasteiger partial charge in [0.15, 0.2) is 0 Å². The Balaban J connectivity index is 3.61. The fourth-order valence-corrected chi connectivity index (χ4v) is 1.42. The molecule has 3 N–H and O–H groups in total. The first kappa shape index (κ1) is 14.4. The van der Waals surface area contributed by atoms with Crippen molar-refractivity contribution in [2.24, 2.45) is 5.92 Å². The Morgan fingerprint density at radius 1 is 1.33 bits per heavy atom. The quantitative estimate of drug-likeness (QED) is 0.581. The van der Waals surface area contributed by atoms with Crippen molar-refractivity contribution in [2.75, 3.05) is 13.6 Å². The molecule has 0 aromatic heterocycles. The van der Waals surface area contributed by atoms with Crippen LogP contribution >= 0.6 is 0 Å². The molecule has 0 saturated carbocycles. The van der Waals surface area contributed by atoms with E-state index in [4.69, 9.17) is 0 Å². The fraction of sp³-hybridized carbons (Fsp3) is 0.909. The van der Waals surface area contributed by atoms with Crippen LogP contribution in [-0.2, 0) is 4.79 Å². The molecule has 0 aliphatic heterocycles. The first-order valence-corrected chi connectivity index (χ1v) is 5.57. The summed E-state index contributed by atoms with van der Waals surface area (Å²) >= 11 is 0. The number of amides is 1. The Kier molecular flexibility index (Phi) is 7.34. The second kappa shape index (κ2) is 7.65. The van der Waals surface area contributed by atoms with Gasteiger partial charge in [-0.3, -0.25) is 4.79 Å². The number of carbonyl (C=O) groups is 1. The lowest BCUT2D eigenvalue weighted by Gasteiger charge is -2.17. The zero-order valence-electron chi connectivity index (χ0n) is 10.2. The van der Waals surface area contributed by atoms with Crippen molar-refractivity contribution in [1.82, 2.24) is 10.6 Å². The molecule has 0 saturated heterocycles. The van der Waals surface area contributed by atoms with Gasteiger partial charge in [-0.25, -0.2) is 0 Å². The standard InChI is InChI=1S/C11H24N2O2/c1-8(2)5-10(14)7-13-9(3)6-11(15)12-4/h8-10,13-14H,5-7H2,1-4H3,(H,12,15). The van der Waals surface area contributed by atoms with Crippen LogP contribution in [0.2, 0.25) is 0 Å². The summed E-state index contributed by atoms with van der Waals surface area (Å²) in [6, 6.07) is 0.103. The van der Waals surface area contributed by atoms with E-state index < -0.39 is 0 Å². The fourth-order valence-electron chi connectivity index (χ4n) is 1.42. The maximum absolute atomic E-state index is 11.0. The van der Waals surface area contributed by atoms with Gasteiger partial charge in [-0.2, -0.15) is 0 Å². The molecule has 0 bridgehead atoms. The highest BCUT2D eigenvalue weighted by Gasteiger charge is 2.10.